The smallest absolute Gasteiger partial charge is 0.264 e. The van der Waals surface area contributed by atoms with E-state index in [-0.39, 0.29) is 9.51 Å². The van der Waals surface area contributed by atoms with Gasteiger partial charge in [0.25, 0.3) is 5.82 Å². The number of aromatic nitrogens is 2. The molecule has 23 heavy (non-hydrogen) atoms. The zero-order valence-corrected chi connectivity index (χ0v) is 12.6. The third-order valence-corrected chi connectivity index (χ3v) is 3.80. The van der Waals surface area contributed by atoms with Crippen molar-refractivity contribution >= 4 is 17.4 Å². The van der Waals surface area contributed by atoms with Gasteiger partial charge in [0.15, 0.2) is 0 Å². The van der Waals surface area contributed by atoms with Crippen LogP contribution >= 0.6 is 11.6 Å². The zero-order chi connectivity index (χ0) is 16.5. The molecular formula is C16H12ClF3N3+. The van der Waals surface area contributed by atoms with Gasteiger partial charge in [0.1, 0.15) is 24.0 Å². The first-order valence-corrected chi connectivity index (χ1v) is 7.15. The predicted molar refractivity (Wildman–Crippen MR) is 82.3 cm³/mol. The molecule has 0 fully saturated rings. The van der Waals surface area contributed by atoms with Crippen molar-refractivity contribution in [3.63, 3.8) is 0 Å². The summed E-state index contributed by atoms with van der Waals surface area (Å²) in [5.74, 6) is 0.341. The summed E-state index contributed by atoms with van der Waals surface area (Å²) in [4.78, 5) is 8.05. The molecule has 0 atom stereocenters. The van der Waals surface area contributed by atoms with Gasteiger partial charge in [0, 0.05) is 24.2 Å². The fraction of sp³-hybridized carbons (Fsp3) is 0.125. The maximum atomic E-state index is 12.8. The lowest BCUT2D eigenvalue weighted by Gasteiger charge is -2.28. The lowest BCUT2D eigenvalue weighted by Crippen LogP contribution is -2.36. The Balaban J connectivity index is 2.03. The van der Waals surface area contributed by atoms with Crippen molar-refractivity contribution in [2.75, 3.05) is 0 Å². The van der Waals surface area contributed by atoms with Crippen LogP contribution in [0.1, 0.15) is 11.1 Å². The molecule has 3 heterocycles. The monoisotopic (exact) mass is 338 g/mol. The van der Waals surface area contributed by atoms with Crippen LogP contribution in [0, 0.1) is 0 Å². The summed E-state index contributed by atoms with van der Waals surface area (Å²) >= 11 is 6.11. The molecular weight excluding hydrogens is 327 g/mol. The highest BCUT2D eigenvalue weighted by molar-refractivity contribution is 6.32. The molecule has 0 bridgehead atoms. The summed E-state index contributed by atoms with van der Waals surface area (Å²) in [6.45, 7) is 0.457. The second-order valence-electron chi connectivity index (χ2n) is 5.16. The van der Waals surface area contributed by atoms with Gasteiger partial charge in [-0.05, 0) is 24.3 Å². The van der Waals surface area contributed by atoms with Gasteiger partial charge in [-0.15, -0.1) is 0 Å². The Bertz CT molecular complexity index is 758. The molecule has 0 aromatic carbocycles. The normalized spacial score (nSPS) is 16.0. The van der Waals surface area contributed by atoms with Crippen LogP contribution in [-0.2, 0) is 12.7 Å². The van der Waals surface area contributed by atoms with Gasteiger partial charge in [-0.3, -0.25) is 4.98 Å². The molecule has 0 radical (unpaired) electrons. The molecule has 118 valence electrons. The van der Waals surface area contributed by atoms with Gasteiger partial charge in [-0.2, -0.15) is 13.2 Å². The third kappa shape index (κ3) is 3.13. The maximum absolute atomic E-state index is 12.8. The molecule has 0 saturated carbocycles. The minimum atomic E-state index is -4.47. The fourth-order valence-electron chi connectivity index (χ4n) is 2.46. The van der Waals surface area contributed by atoms with E-state index in [2.05, 4.69) is 9.97 Å². The first kappa shape index (κ1) is 15.7. The first-order valence-electron chi connectivity index (χ1n) is 6.77. The molecule has 2 aromatic rings. The van der Waals surface area contributed by atoms with Gasteiger partial charge < -0.3 is 0 Å². The van der Waals surface area contributed by atoms with Gasteiger partial charge >= 0.3 is 6.18 Å². The molecule has 0 unspecified atom stereocenters. The van der Waals surface area contributed by atoms with E-state index in [1.807, 2.05) is 30.6 Å². The molecule has 0 saturated heterocycles. The van der Waals surface area contributed by atoms with Crippen LogP contribution in [0.2, 0.25) is 5.02 Å². The van der Waals surface area contributed by atoms with Crippen LogP contribution in [-0.4, -0.2) is 9.97 Å². The van der Waals surface area contributed by atoms with Crippen molar-refractivity contribution in [2.24, 2.45) is 0 Å². The SMILES string of the molecule is FC(F)(F)c1cnc([N+]2(Cc3cccnc3)C=CC=C2)c(Cl)c1. The Labute approximate surface area is 136 Å². The standard InChI is InChI=1S/C16H12ClF3N3/c17-14-8-13(16(18,19)20)10-22-15(14)23(6-1-2-7-23)11-12-4-3-5-21-9-12/h1-10H,11H2/q+1. The molecule has 3 nitrogen and oxygen atoms in total. The highest BCUT2D eigenvalue weighted by atomic mass is 35.5. The second-order valence-corrected chi connectivity index (χ2v) is 5.57. The van der Waals surface area contributed by atoms with Crippen LogP contribution in [0.15, 0.2) is 61.3 Å². The van der Waals surface area contributed by atoms with Crippen molar-refractivity contribution in [2.45, 2.75) is 12.7 Å². The predicted octanol–water partition coefficient (Wildman–Crippen LogP) is 4.70. The number of alkyl halides is 3. The van der Waals surface area contributed by atoms with E-state index in [1.54, 1.807) is 18.5 Å². The average molecular weight is 339 g/mol. The van der Waals surface area contributed by atoms with Crippen LogP contribution in [0.25, 0.3) is 0 Å². The average Bonchev–Trinajstić information content (AvgIpc) is 2.96. The molecule has 7 heteroatoms. The summed E-state index contributed by atoms with van der Waals surface area (Å²) < 4.78 is 38.5. The summed E-state index contributed by atoms with van der Waals surface area (Å²) in [5, 5.41) is -0.0279. The number of rotatable bonds is 3. The fourth-order valence-corrected chi connectivity index (χ4v) is 2.79. The highest BCUT2D eigenvalue weighted by Gasteiger charge is 2.36. The Morgan fingerprint density at radius 2 is 1.87 bits per heavy atom. The number of pyridine rings is 2. The minimum absolute atomic E-state index is 0.0279. The zero-order valence-electron chi connectivity index (χ0n) is 11.8. The first-order chi connectivity index (χ1) is 10.9. The molecule has 2 aromatic heterocycles. The number of allylic oxidation sites excluding steroid dienone is 2. The largest absolute Gasteiger partial charge is 0.417 e. The van der Waals surface area contributed by atoms with Crippen LogP contribution < -0.4 is 4.48 Å². The molecule has 0 N–H and O–H groups in total. The minimum Gasteiger partial charge on any atom is -0.264 e. The Morgan fingerprint density at radius 1 is 1.13 bits per heavy atom. The molecule has 0 spiro atoms. The molecule has 0 aliphatic carbocycles. The number of hydrogen-bond donors (Lipinski definition) is 0. The number of halogens is 4. The molecule has 0 amide bonds. The van der Waals surface area contributed by atoms with Gasteiger partial charge in [-0.1, -0.05) is 17.7 Å². The highest BCUT2D eigenvalue weighted by Crippen LogP contribution is 2.38. The van der Waals surface area contributed by atoms with E-state index >= 15 is 0 Å². The topological polar surface area (TPSA) is 25.8 Å². The Hall–Kier alpha value is -2.18. The van der Waals surface area contributed by atoms with E-state index in [0.29, 0.717) is 12.4 Å². The van der Waals surface area contributed by atoms with Crippen molar-refractivity contribution in [1.82, 2.24) is 14.5 Å². The molecule has 1 aliphatic heterocycles. The summed E-state index contributed by atoms with van der Waals surface area (Å²) in [5.41, 5.74) is 0.0550. The van der Waals surface area contributed by atoms with E-state index in [0.717, 1.165) is 17.8 Å². The van der Waals surface area contributed by atoms with Crippen molar-refractivity contribution in [3.05, 3.63) is 77.5 Å². The van der Waals surface area contributed by atoms with Crippen LogP contribution in [0.5, 0.6) is 0 Å². The van der Waals surface area contributed by atoms with Gasteiger partial charge in [-0.25, -0.2) is 9.47 Å². The Kier molecular flexibility index (Phi) is 3.95. The number of quaternary nitrogens is 1. The van der Waals surface area contributed by atoms with Crippen LogP contribution in [0.4, 0.5) is 19.0 Å². The van der Waals surface area contributed by atoms with Crippen molar-refractivity contribution in [1.29, 1.82) is 0 Å². The third-order valence-electron chi connectivity index (χ3n) is 3.53. The van der Waals surface area contributed by atoms with E-state index in [9.17, 15) is 13.2 Å². The lowest BCUT2D eigenvalue weighted by atomic mass is 10.2. The molecule has 1 aliphatic rings. The van der Waals surface area contributed by atoms with E-state index < -0.39 is 11.7 Å². The van der Waals surface area contributed by atoms with Crippen LogP contribution in [0.3, 0.4) is 0 Å². The lowest BCUT2D eigenvalue weighted by molar-refractivity contribution is -0.137. The summed E-state index contributed by atoms with van der Waals surface area (Å²) in [6, 6.07) is 4.61. The van der Waals surface area contributed by atoms with Gasteiger partial charge in [0.05, 0.1) is 5.56 Å². The number of hydrogen-bond acceptors (Lipinski definition) is 2. The van der Waals surface area contributed by atoms with E-state index in [1.165, 1.54) is 0 Å². The van der Waals surface area contributed by atoms with Crippen molar-refractivity contribution < 1.29 is 13.2 Å². The summed E-state index contributed by atoms with van der Waals surface area (Å²) in [7, 11) is 0. The van der Waals surface area contributed by atoms with Gasteiger partial charge in [0.2, 0.25) is 0 Å². The number of nitrogens with zero attached hydrogens (tertiary/aromatic N) is 3. The quantitative estimate of drug-likeness (QED) is 0.758. The van der Waals surface area contributed by atoms with E-state index in [4.69, 9.17) is 11.6 Å². The summed E-state index contributed by atoms with van der Waals surface area (Å²) in [6.07, 6.45) is 6.98. The second kappa shape index (κ2) is 5.79. The Morgan fingerprint density at radius 3 is 2.43 bits per heavy atom. The maximum Gasteiger partial charge on any atom is 0.417 e. The van der Waals surface area contributed by atoms with Crippen molar-refractivity contribution in [3.8, 4) is 0 Å². The molecule has 3 rings (SSSR count).